The van der Waals surface area contributed by atoms with Crippen molar-refractivity contribution in [2.45, 2.75) is 13.0 Å². The molecule has 130 valence electrons. The summed E-state index contributed by atoms with van der Waals surface area (Å²) in [6, 6.07) is 10.2. The third-order valence-corrected chi connectivity index (χ3v) is 5.64. The number of anilines is 1. The topological polar surface area (TPSA) is 54.5 Å². The van der Waals surface area contributed by atoms with Gasteiger partial charge in [0.1, 0.15) is 5.82 Å². The Balaban J connectivity index is 2.10. The van der Waals surface area contributed by atoms with Crippen LogP contribution in [-0.4, -0.2) is 26.1 Å². The summed E-state index contributed by atoms with van der Waals surface area (Å²) in [6.45, 7) is 1.89. The zero-order valence-corrected chi connectivity index (χ0v) is 14.9. The standard InChI is InChI=1S/C18H15ClFNO3S/c1-12-5-7-13(8-6-12)21(14-9-10-25(23,24)11-14)18(22)17-15(19)3-2-4-16(17)20/h2-10,14H,11H2,1H3/t14-/m1/s1. The number of hydrogen-bond donors (Lipinski definition) is 0. The molecular formula is C18H15ClFNO3S. The molecule has 1 atom stereocenters. The molecule has 0 fully saturated rings. The van der Waals surface area contributed by atoms with Gasteiger partial charge < -0.3 is 4.90 Å². The molecule has 0 aliphatic carbocycles. The minimum Gasteiger partial charge on any atom is -0.300 e. The molecular weight excluding hydrogens is 365 g/mol. The molecule has 0 saturated carbocycles. The highest BCUT2D eigenvalue weighted by Gasteiger charge is 2.33. The summed E-state index contributed by atoms with van der Waals surface area (Å²) in [6.07, 6.45) is 1.43. The number of amides is 1. The van der Waals surface area contributed by atoms with Gasteiger partial charge in [-0.1, -0.05) is 35.4 Å². The molecule has 1 heterocycles. The van der Waals surface area contributed by atoms with Gasteiger partial charge >= 0.3 is 0 Å². The first-order valence-electron chi connectivity index (χ1n) is 7.54. The zero-order valence-electron chi connectivity index (χ0n) is 13.3. The number of nitrogens with zero attached hydrogens (tertiary/aromatic N) is 1. The fourth-order valence-electron chi connectivity index (χ4n) is 2.71. The molecule has 7 heteroatoms. The van der Waals surface area contributed by atoms with Crippen LogP contribution in [0.4, 0.5) is 10.1 Å². The Hall–Kier alpha value is -2.18. The van der Waals surface area contributed by atoms with E-state index in [1.54, 1.807) is 24.3 Å². The predicted octanol–water partition coefficient (Wildman–Crippen LogP) is 3.75. The Labute approximate surface area is 150 Å². The van der Waals surface area contributed by atoms with Crippen LogP contribution in [0.1, 0.15) is 15.9 Å². The third-order valence-electron chi connectivity index (χ3n) is 3.95. The highest BCUT2D eigenvalue weighted by Crippen LogP contribution is 2.28. The normalized spacial score (nSPS) is 18.3. The lowest BCUT2D eigenvalue weighted by atomic mass is 10.1. The van der Waals surface area contributed by atoms with Gasteiger partial charge in [-0.05, 0) is 37.3 Å². The largest absolute Gasteiger partial charge is 0.300 e. The third kappa shape index (κ3) is 3.60. The van der Waals surface area contributed by atoms with Crippen LogP contribution in [0.25, 0.3) is 0 Å². The Bertz CT molecular complexity index is 935. The number of aryl methyl sites for hydroxylation is 1. The minimum atomic E-state index is -3.39. The molecule has 1 aliphatic heterocycles. The molecule has 4 nitrogen and oxygen atoms in total. The van der Waals surface area contributed by atoms with E-state index in [0.29, 0.717) is 5.69 Å². The van der Waals surface area contributed by atoms with Gasteiger partial charge in [0.05, 0.1) is 22.4 Å². The van der Waals surface area contributed by atoms with Gasteiger partial charge in [-0.15, -0.1) is 0 Å². The van der Waals surface area contributed by atoms with E-state index in [1.165, 1.54) is 23.1 Å². The van der Waals surface area contributed by atoms with Gasteiger partial charge in [-0.2, -0.15) is 0 Å². The van der Waals surface area contributed by atoms with E-state index < -0.39 is 27.6 Å². The number of halogens is 2. The van der Waals surface area contributed by atoms with Crippen molar-refractivity contribution in [3.05, 3.63) is 75.9 Å². The first-order chi connectivity index (χ1) is 11.8. The van der Waals surface area contributed by atoms with E-state index in [-0.39, 0.29) is 16.3 Å². The average Bonchev–Trinajstić information content (AvgIpc) is 2.89. The van der Waals surface area contributed by atoms with E-state index >= 15 is 0 Å². The Morgan fingerprint density at radius 2 is 1.88 bits per heavy atom. The lowest BCUT2D eigenvalue weighted by Crippen LogP contribution is -2.41. The van der Waals surface area contributed by atoms with Gasteiger partial charge in [0.25, 0.3) is 5.91 Å². The van der Waals surface area contributed by atoms with Gasteiger partial charge in [-0.3, -0.25) is 4.79 Å². The van der Waals surface area contributed by atoms with Crippen LogP contribution < -0.4 is 4.90 Å². The van der Waals surface area contributed by atoms with Gasteiger partial charge in [0.15, 0.2) is 9.84 Å². The number of rotatable bonds is 3. The molecule has 0 saturated heterocycles. The number of benzene rings is 2. The summed E-state index contributed by atoms with van der Waals surface area (Å²) in [5.74, 6) is -1.68. The lowest BCUT2D eigenvalue weighted by molar-refractivity contribution is 0.0979. The summed E-state index contributed by atoms with van der Waals surface area (Å²) in [7, 11) is -3.39. The maximum atomic E-state index is 14.2. The molecule has 0 aromatic heterocycles. The average molecular weight is 380 g/mol. The van der Waals surface area contributed by atoms with Crippen LogP contribution in [-0.2, 0) is 9.84 Å². The van der Waals surface area contributed by atoms with Crippen LogP contribution in [0.3, 0.4) is 0 Å². The maximum absolute atomic E-state index is 14.2. The first-order valence-corrected chi connectivity index (χ1v) is 9.63. The number of hydrogen-bond acceptors (Lipinski definition) is 3. The molecule has 3 rings (SSSR count). The Kier molecular flexibility index (Phi) is 4.67. The number of sulfone groups is 1. The van der Waals surface area contributed by atoms with E-state index in [9.17, 15) is 17.6 Å². The van der Waals surface area contributed by atoms with Crippen molar-refractivity contribution in [1.82, 2.24) is 0 Å². The molecule has 2 aromatic carbocycles. The van der Waals surface area contributed by atoms with E-state index in [1.807, 2.05) is 6.92 Å². The molecule has 1 amide bonds. The molecule has 0 bridgehead atoms. The zero-order chi connectivity index (χ0) is 18.2. The summed E-state index contributed by atoms with van der Waals surface area (Å²) >= 11 is 6.02. The van der Waals surface area contributed by atoms with E-state index in [0.717, 1.165) is 17.0 Å². The van der Waals surface area contributed by atoms with Crippen LogP contribution in [0.2, 0.25) is 5.02 Å². The molecule has 0 spiro atoms. The molecule has 2 aromatic rings. The van der Waals surface area contributed by atoms with Crippen molar-refractivity contribution >= 4 is 33.0 Å². The summed E-state index contributed by atoms with van der Waals surface area (Å²) in [5.41, 5.74) is 1.18. The molecule has 0 radical (unpaired) electrons. The molecule has 0 unspecified atom stereocenters. The molecule has 25 heavy (non-hydrogen) atoms. The highest BCUT2D eigenvalue weighted by atomic mass is 35.5. The highest BCUT2D eigenvalue weighted by molar-refractivity contribution is 7.94. The van der Waals surface area contributed by atoms with Crippen molar-refractivity contribution in [3.8, 4) is 0 Å². The maximum Gasteiger partial charge on any atom is 0.263 e. The molecule has 1 aliphatic rings. The lowest BCUT2D eigenvalue weighted by Gasteiger charge is -2.28. The van der Waals surface area contributed by atoms with Crippen molar-refractivity contribution in [2.75, 3.05) is 10.7 Å². The van der Waals surface area contributed by atoms with E-state index in [2.05, 4.69) is 0 Å². The predicted molar refractivity (Wildman–Crippen MR) is 96.1 cm³/mol. The minimum absolute atomic E-state index is 0.0213. The summed E-state index contributed by atoms with van der Waals surface area (Å²) in [4.78, 5) is 14.3. The van der Waals surface area contributed by atoms with Gasteiger partial charge in [-0.25, -0.2) is 12.8 Å². The monoisotopic (exact) mass is 379 g/mol. The van der Waals surface area contributed by atoms with Crippen LogP contribution in [0, 0.1) is 12.7 Å². The van der Waals surface area contributed by atoms with Crippen molar-refractivity contribution in [2.24, 2.45) is 0 Å². The second kappa shape index (κ2) is 6.61. The summed E-state index contributed by atoms with van der Waals surface area (Å²) < 4.78 is 37.8. The second-order valence-corrected chi connectivity index (χ2v) is 8.17. The number of carbonyl (C=O) groups excluding carboxylic acids is 1. The molecule has 0 N–H and O–H groups in total. The van der Waals surface area contributed by atoms with Crippen LogP contribution >= 0.6 is 11.6 Å². The van der Waals surface area contributed by atoms with Gasteiger partial charge in [0.2, 0.25) is 0 Å². The van der Waals surface area contributed by atoms with Crippen molar-refractivity contribution in [3.63, 3.8) is 0 Å². The smallest absolute Gasteiger partial charge is 0.263 e. The fourth-order valence-corrected chi connectivity index (χ4v) is 4.22. The number of carbonyl (C=O) groups is 1. The van der Waals surface area contributed by atoms with Crippen molar-refractivity contribution in [1.29, 1.82) is 0 Å². The van der Waals surface area contributed by atoms with Crippen molar-refractivity contribution < 1.29 is 17.6 Å². The van der Waals surface area contributed by atoms with Crippen LogP contribution in [0.15, 0.2) is 53.9 Å². The van der Waals surface area contributed by atoms with E-state index in [4.69, 9.17) is 11.6 Å². The second-order valence-electron chi connectivity index (χ2n) is 5.83. The fraction of sp³-hybridized carbons (Fsp3) is 0.167. The first kappa shape index (κ1) is 17.6. The van der Waals surface area contributed by atoms with Crippen LogP contribution in [0.5, 0.6) is 0 Å². The quantitative estimate of drug-likeness (QED) is 0.816. The Morgan fingerprint density at radius 3 is 2.44 bits per heavy atom. The summed E-state index contributed by atoms with van der Waals surface area (Å²) in [5, 5.41) is 1.06. The Morgan fingerprint density at radius 1 is 1.20 bits per heavy atom. The SMILES string of the molecule is Cc1ccc(N(C(=O)c2c(F)cccc2Cl)[C@@H]2C=CS(=O)(=O)C2)cc1. The van der Waals surface area contributed by atoms with Gasteiger partial charge in [0, 0.05) is 11.1 Å².